The Bertz CT molecular complexity index is 1620. The monoisotopic (exact) mass is 533 g/mol. The summed E-state index contributed by atoms with van der Waals surface area (Å²) in [5.41, 5.74) is 11.8. The zero-order valence-electron chi connectivity index (χ0n) is 22.2. The number of nitrogens with one attached hydrogen (secondary N) is 1. The van der Waals surface area contributed by atoms with Gasteiger partial charge in [-0.3, -0.25) is 4.79 Å². The van der Waals surface area contributed by atoms with E-state index in [4.69, 9.17) is 5.73 Å². The summed E-state index contributed by atoms with van der Waals surface area (Å²) in [6, 6.07) is 30.0. The van der Waals surface area contributed by atoms with Gasteiger partial charge in [0.2, 0.25) is 0 Å². The molecule has 1 aliphatic rings. The maximum absolute atomic E-state index is 14.3. The van der Waals surface area contributed by atoms with E-state index in [1.54, 1.807) is 0 Å². The van der Waals surface area contributed by atoms with Gasteiger partial charge < -0.3 is 20.7 Å². The van der Waals surface area contributed by atoms with Gasteiger partial charge in [-0.1, -0.05) is 48.5 Å². The third-order valence-corrected chi connectivity index (χ3v) is 7.97. The molecule has 1 saturated heterocycles. The third-order valence-electron chi connectivity index (χ3n) is 7.97. The van der Waals surface area contributed by atoms with Crippen molar-refractivity contribution in [2.24, 2.45) is 5.73 Å². The van der Waals surface area contributed by atoms with Crippen LogP contribution in [-0.4, -0.2) is 35.0 Å². The number of Topliss-reactive ketones (excluding diaryl/α,β-unsaturated/α-hetero) is 1. The lowest BCUT2D eigenvalue weighted by atomic mass is 9.87. The van der Waals surface area contributed by atoms with Crippen LogP contribution in [0.3, 0.4) is 0 Å². The second-order valence-electron chi connectivity index (χ2n) is 10.6. The minimum atomic E-state index is -0.545. The number of aromatic amines is 1. The van der Waals surface area contributed by atoms with Gasteiger partial charge in [0, 0.05) is 59.5 Å². The molecule has 4 N–H and O–H groups in total. The number of nitrogens with two attached hydrogens (primary N) is 1. The fraction of sp³-hybridized carbons (Fsp3) is 0.206. The SMILES string of the molecule is NC1CCN(c2ccc(-c3cccc(C(=O)C[C@@H](c4cc5ccccc5[nH]4)c4cc(F)ccc4O)c3)cc2)CC1. The number of carbonyl (C=O) groups excluding carboxylic acids is 1. The van der Waals surface area contributed by atoms with Gasteiger partial charge in [0.25, 0.3) is 0 Å². The van der Waals surface area contributed by atoms with Crippen molar-refractivity contribution in [1.29, 1.82) is 0 Å². The highest BCUT2D eigenvalue weighted by Crippen LogP contribution is 2.37. The zero-order valence-corrected chi connectivity index (χ0v) is 22.2. The van der Waals surface area contributed by atoms with Crippen LogP contribution in [0.1, 0.15) is 46.8 Å². The number of aromatic nitrogens is 1. The van der Waals surface area contributed by atoms with E-state index >= 15 is 0 Å². The highest BCUT2D eigenvalue weighted by Gasteiger charge is 2.24. The molecule has 6 heteroatoms. The van der Waals surface area contributed by atoms with Crippen molar-refractivity contribution in [3.05, 3.63) is 120 Å². The van der Waals surface area contributed by atoms with E-state index in [1.165, 1.54) is 23.9 Å². The van der Waals surface area contributed by atoms with Crippen molar-refractivity contribution in [3.63, 3.8) is 0 Å². The average molecular weight is 534 g/mol. The number of hydrogen-bond donors (Lipinski definition) is 3. The maximum Gasteiger partial charge on any atom is 0.163 e. The molecule has 0 spiro atoms. The predicted octanol–water partition coefficient (Wildman–Crippen LogP) is 7.01. The number of phenols is 1. The minimum Gasteiger partial charge on any atom is -0.508 e. The molecule has 40 heavy (non-hydrogen) atoms. The lowest BCUT2D eigenvalue weighted by Gasteiger charge is -2.32. The summed E-state index contributed by atoms with van der Waals surface area (Å²) >= 11 is 0. The number of nitrogens with zero attached hydrogens (tertiary/aromatic N) is 1. The number of anilines is 1. The lowest BCUT2D eigenvalue weighted by Crippen LogP contribution is -2.39. The lowest BCUT2D eigenvalue weighted by molar-refractivity contribution is 0.0977. The number of piperidine rings is 1. The number of fused-ring (bicyclic) bond motifs is 1. The minimum absolute atomic E-state index is 0.0395. The summed E-state index contributed by atoms with van der Waals surface area (Å²) in [6.07, 6.45) is 2.07. The summed E-state index contributed by atoms with van der Waals surface area (Å²) < 4.78 is 14.3. The first kappa shape index (κ1) is 25.8. The van der Waals surface area contributed by atoms with Gasteiger partial charge in [-0.05, 0) is 77.9 Å². The molecule has 1 aromatic heterocycles. The highest BCUT2D eigenvalue weighted by molar-refractivity contribution is 5.98. The Labute approximate surface area is 233 Å². The van der Waals surface area contributed by atoms with E-state index in [1.807, 2.05) is 54.6 Å². The number of phenolic OH excluding ortho intramolecular Hbond substituents is 1. The normalized spacial score (nSPS) is 14.9. The van der Waals surface area contributed by atoms with E-state index in [9.17, 15) is 14.3 Å². The number of carbonyl (C=O) groups is 1. The summed E-state index contributed by atoms with van der Waals surface area (Å²) in [4.78, 5) is 19.4. The van der Waals surface area contributed by atoms with Crippen LogP contribution in [0.5, 0.6) is 5.75 Å². The van der Waals surface area contributed by atoms with Crippen molar-refractivity contribution in [2.75, 3.05) is 18.0 Å². The molecule has 2 heterocycles. The maximum atomic E-state index is 14.3. The molecule has 0 unspecified atom stereocenters. The molecule has 0 amide bonds. The molecule has 0 aliphatic carbocycles. The van der Waals surface area contributed by atoms with Crippen molar-refractivity contribution in [3.8, 4) is 16.9 Å². The second kappa shape index (κ2) is 11.0. The van der Waals surface area contributed by atoms with Gasteiger partial charge in [0.15, 0.2) is 5.78 Å². The average Bonchev–Trinajstić information content (AvgIpc) is 3.42. The topological polar surface area (TPSA) is 82.3 Å². The van der Waals surface area contributed by atoms with Crippen LogP contribution in [-0.2, 0) is 0 Å². The van der Waals surface area contributed by atoms with E-state index < -0.39 is 11.7 Å². The molecule has 1 atom stereocenters. The second-order valence-corrected chi connectivity index (χ2v) is 10.6. The molecule has 0 bridgehead atoms. The Morgan fingerprint density at radius 1 is 0.925 bits per heavy atom. The first-order valence-corrected chi connectivity index (χ1v) is 13.7. The Morgan fingerprint density at radius 3 is 2.48 bits per heavy atom. The number of benzene rings is 4. The summed E-state index contributed by atoms with van der Waals surface area (Å²) in [5, 5.41) is 11.6. The number of rotatable bonds is 7. The Morgan fingerprint density at radius 2 is 1.70 bits per heavy atom. The number of aromatic hydroxyl groups is 1. The molecule has 1 aliphatic heterocycles. The van der Waals surface area contributed by atoms with Gasteiger partial charge in [0.1, 0.15) is 11.6 Å². The van der Waals surface area contributed by atoms with Crippen LogP contribution in [0.25, 0.3) is 22.0 Å². The van der Waals surface area contributed by atoms with Gasteiger partial charge in [0.05, 0.1) is 0 Å². The molecule has 6 rings (SSSR count). The smallest absolute Gasteiger partial charge is 0.163 e. The molecule has 1 fully saturated rings. The Kier molecular flexibility index (Phi) is 7.10. The Balaban J connectivity index is 1.27. The molecule has 5 aromatic rings. The fourth-order valence-electron chi connectivity index (χ4n) is 5.67. The predicted molar refractivity (Wildman–Crippen MR) is 158 cm³/mol. The summed E-state index contributed by atoms with van der Waals surface area (Å²) in [6.45, 7) is 1.92. The van der Waals surface area contributed by atoms with Crippen LogP contribution in [0.2, 0.25) is 0 Å². The van der Waals surface area contributed by atoms with Crippen LogP contribution in [0.4, 0.5) is 10.1 Å². The van der Waals surface area contributed by atoms with Crippen LogP contribution >= 0.6 is 0 Å². The number of halogens is 1. The van der Waals surface area contributed by atoms with E-state index in [0.29, 0.717) is 11.1 Å². The van der Waals surface area contributed by atoms with Crippen LogP contribution in [0, 0.1) is 5.82 Å². The summed E-state index contributed by atoms with van der Waals surface area (Å²) in [7, 11) is 0. The molecular weight excluding hydrogens is 501 g/mol. The highest BCUT2D eigenvalue weighted by atomic mass is 19.1. The number of ketones is 1. The van der Waals surface area contributed by atoms with Crippen molar-refractivity contribution < 1.29 is 14.3 Å². The molecule has 0 saturated carbocycles. The van der Waals surface area contributed by atoms with Crippen molar-refractivity contribution in [1.82, 2.24) is 4.98 Å². The quantitative estimate of drug-likeness (QED) is 0.197. The summed E-state index contributed by atoms with van der Waals surface area (Å²) in [5.74, 6) is -1.13. The molecule has 4 aromatic carbocycles. The molecule has 5 nitrogen and oxygen atoms in total. The van der Waals surface area contributed by atoms with Gasteiger partial charge in [-0.25, -0.2) is 4.39 Å². The molecule has 202 valence electrons. The standard InChI is InChI=1S/C34H32FN3O2/c35-26-10-13-33(39)30(20-26)29(32-19-24-4-1-2-7-31(24)37-32)21-34(40)25-6-3-5-23(18-25)22-8-11-28(12-9-22)38-16-14-27(36)15-17-38/h1-13,18-20,27,29,37,39H,14-17,21,36H2/t29-/m1/s1. The van der Waals surface area contributed by atoms with E-state index in [-0.39, 0.29) is 24.0 Å². The largest absolute Gasteiger partial charge is 0.508 e. The number of para-hydroxylation sites is 1. The molecule has 0 radical (unpaired) electrons. The van der Waals surface area contributed by atoms with Crippen molar-refractivity contribution >= 4 is 22.4 Å². The number of H-pyrrole nitrogens is 1. The van der Waals surface area contributed by atoms with E-state index in [0.717, 1.165) is 53.7 Å². The van der Waals surface area contributed by atoms with Crippen LogP contribution < -0.4 is 10.6 Å². The number of hydrogen-bond acceptors (Lipinski definition) is 4. The van der Waals surface area contributed by atoms with Crippen molar-refractivity contribution in [2.45, 2.75) is 31.2 Å². The fourth-order valence-corrected chi connectivity index (χ4v) is 5.67. The Hall–Kier alpha value is -4.42. The first-order chi connectivity index (χ1) is 19.4. The van der Waals surface area contributed by atoms with Gasteiger partial charge in [-0.2, -0.15) is 0 Å². The first-order valence-electron chi connectivity index (χ1n) is 13.7. The third kappa shape index (κ3) is 5.36. The van der Waals surface area contributed by atoms with Gasteiger partial charge >= 0.3 is 0 Å². The molecular formula is C34H32FN3O2. The zero-order chi connectivity index (χ0) is 27.6. The van der Waals surface area contributed by atoms with Crippen LogP contribution in [0.15, 0.2) is 97.1 Å². The van der Waals surface area contributed by atoms with Gasteiger partial charge in [-0.15, -0.1) is 0 Å². The van der Waals surface area contributed by atoms with E-state index in [2.05, 4.69) is 34.1 Å².